The van der Waals surface area contributed by atoms with Crippen LogP contribution in [0, 0.1) is 3.57 Å². The first-order chi connectivity index (χ1) is 8.78. The molecule has 18 heavy (non-hydrogen) atoms. The van der Waals surface area contributed by atoms with Gasteiger partial charge in [0.25, 0.3) is 0 Å². The van der Waals surface area contributed by atoms with Crippen LogP contribution in [-0.4, -0.2) is 54.2 Å². The van der Waals surface area contributed by atoms with Crippen LogP contribution >= 0.6 is 22.6 Å². The van der Waals surface area contributed by atoms with Gasteiger partial charge < -0.3 is 5.11 Å². The molecule has 1 aliphatic heterocycles. The van der Waals surface area contributed by atoms with Crippen molar-refractivity contribution in [2.75, 3.05) is 39.3 Å². The highest BCUT2D eigenvalue weighted by atomic mass is 127. The minimum atomic E-state index is 0.275. The lowest BCUT2D eigenvalue weighted by Crippen LogP contribution is -2.32. The molecule has 3 nitrogen and oxygen atoms in total. The second-order valence-corrected chi connectivity index (χ2v) is 6.07. The summed E-state index contributed by atoms with van der Waals surface area (Å²) in [7, 11) is 0. The molecule has 4 heteroatoms. The van der Waals surface area contributed by atoms with Crippen LogP contribution in [0.5, 0.6) is 0 Å². The van der Waals surface area contributed by atoms with Gasteiger partial charge in [-0.3, -0.25) is 9.80 Å². The Hall–Kier alpha value is -0.170. The summed E-state index contributed by atoms with van der Waals surface area (Å²) in [5, 5.41) is 8.98. The fraction of sp³-hybridized carbons (Fsp3) is 0.571. The Balaban J connectivity index is 1.84. The minimum absolute atomic E-state index is 0.275. The molecule has 1 N–H and O–H groups in total. The fourth-order valence-corrected chi connectivity index (χ4v) is 2.76. The monoisotopic (exact) mass is 360 g/mol. The molecule has 0 radical (unpaired) electrons. The standard InChI is InChI=1S/C14H21IN2O/c15-14-4-2-13(3-5-14)12-17-7-1-6-16(8-9-17)10-11-18/h2-5,18H,1,6-12H2. The highest BCUT2D eigenvalue weighted by Crippen LogP contribution is 2.11. The Bertz CT molecular complexity index is 355. The maximum Gasteiger partial charge on any atom is 0.0558 e. The molecule has 1 aromatic rings. The van der Waals surface area contributed by atoms with Gasteiger partial charge in [-0.2, -0.15) is 0 Å². The number of β-amino-alcohol motifs (C(OH)–C–C–N with tert-alkyl or cyclic N) is 1. The van der Waals surface area contributed by atoms with Crippen LogP contribution in [0.15, 0.2) is 24.3 Å². The molecule has 0 aromatic heterocycles. The van der Waals surface area contributed by atoms with E-state index in [1.165, 1.54) is 15.6 Å². The molecule has 0 bridgehead atoms. The largest absolute Gasteiger partial charge is 0.395 e. The van der Waals surface area contributed by atoms with Crippen molar-refractivity contribution in [3.63, 3.8) is 0 Å². The van der Waals surface area contributed by atoms with E-state index in [1.807, 2.05) is 0 Å². The maximum absolute atomic E-state index is 8.98. The van der Waals surface area contributed by atoms with Gasteiger partial charge in [-0.05, 0) is 59.8 Å². The molecule has 1 aliphatic rings. The molecule has 1 aromatic carbocycles. The SMILES string of the molecule is OCCN1CCCN(Cc2ccc(I)cc2)CC1. The fourth-order valence-electron chi connectivity index (χ4n) is 2.40. The second-order valence-electron chi connectivity index (χ2n) is 4.82. The number of nitrogens with zero attached hydrogens (tertiary/aromatic N) is 2. The maximum atomic E-state index is 8.98. The van der Waals surface area contributed by atoms with Gasteiger partial charge in [0.1, 0.15) is 0 Å². The van der Waals surface area contributed by atoms with E-state index in [4.69, 9.17) is 5.11 Å². The molecular formula is C14H21IN2O. The molecule has 1 saturated heterocycles. The average Bonchev–Trinajstić information content (AvgIpc) is 2.59. The average molecular weight is 360 g/mol. The molecule has 0 atom stereocenters. The Labute approximate surface area is 123 Å². The zero-order valence-corrected chi connectivity index (χ0v) is 12.8. The number of rotatable bonds is 4. The summed E-state index contributed by atoms with van der Waals surface area (Å²) < 4.78 is 1.29. The summed E-state index contributed by atoms with van der Waals surface area (Å²) in [6.45, 7) is 6.59. The van der Waals surface area contributed by atoms with Crippen molar-refractivity contribution in [3.8, 4) is 0 Å². The van der Waals surface area contributed by atoms with Crippen molar-refractivity contribution in [1.82, 2.24) is 9.80 Å². The van der Waals surface area contributed by atoms with E-state index in [-0.39, 0.29) is 6.61 Å². The lowest BCUT2D eigenvalue weighted by atomic mass is 10.2. The Morgan fingerprint density at radius 3 is 2.39 bits per heavy atom. The van der Waals surface area contributed by atoms with Gasteiger partial charge in [0.2, 0.25) is 0 Å². The van der Waals surface area contributed by atoms with Crippen molar-refractivity contribution < 1.29 is 5.11 Å². The van der Waals surface area contributed by atoms with Crippen LogP contribution in [0.4, 0.5) is 0 Å². The second kappa shape index (κ2) is 7.43. The van der Waals surface area contributed by atoms with Crippen molar-refractivity contribution in [2.24, 2.45) is 0 Å². The van der Waals surface area contributed by atoms with Crippen LogP contribution in [0.25, 0.3) is 0 Å². The van der Waals surface area contributed by atoms with Crippen molar-refractivity contribution in [2.45, 2.75) is 13.0 Å². The van der Waals surface area contributed by atoms with E-state index < -0.39 is 0 Å². The van der Waals surface area contributed by atoms with Crippen molar-refractivity contribution in [3.05, 3.63) is 33.4 Å². The number of aliphatic hydroxyl groups excluding tert-OH is 1. The smallest absolute Gasteiger partial charge is 0.0558 e. The molecule has 100 valence electrons. The van der Waals surface area contributed by atoms with Gasteiger partial charge in [-0.1, -0.05) is 12.1 Å². The molecule has 2 rings (SSSR count). The van der Waals surface area contributed by atoms with Crippen LogP contribution in [0.2, 0.25) is 0 Å². The summed E-state index contributed by atoms with van der Waals surface area (Å²) in [4.78, 5) is 4.87. The lowest BCUT2D eigenvalue weighted by Gasteiger charge is -2.21. The van der Waals surface area contributed by atoms with Gasteiger partial charge in [0.05, 0.1) is 6.61 Å². The summed E-state index contributed by atoms with van der Waals surface area (Å²) in [5.74, 6) is 0. The molecular weight excluding hydrogens is 339 g/mol. The summed E-state index contributed by atoms with van der Waals surface area (Å²) in [6.07, 6.45) is 1.20. The summed E-state index contributed by atoms with van der Waals surface area (Å²) >= 11 is 2.34. The topological polar surface area (TPSA) is 26.7 Å². The Kier molecular flexibility index (Phi) is 5.88. The van der Waals surface area contributed by atoms with Gasteiger partial charge in [0.15, 0.2) is 0 Å². The molecule has 1 fully saturated rings. The predicted octanol–water partition coefficient (Wildman–Crippen LogP) is 1.79. The van der Waals surface area contributed by atoms with E-state index in [1.54, 1.807) is 0 Å². The third-order valence-corrected chi connectivity index (χ3v) is 4.14. The number of hydrogen-bond acceptors (Lipinski definition) is 3. The van der Waals surface area contributed by atoms with Gasteiger partial charge in [-0.25, -0.2) is 0 Å². The molecule has 0 spiro atoms. The first-order valence-electron chi connectivity index (χ1n) is 6.58. The minimum Gasteiger partial charge on any atom is -0.395 e. The van der Waals surface area contributed by atoms with Crippen LogP contribution in [-0.2, 0) is 6.54 Å². The van der Waals surface area contributed by atoms with Crippen molar-refractivity contribution in [1.29, 1.82) is 0 Å². The molecule has 0 unspecified atom stereocenters. The Morgan fingerprint density at radius 2 is 1.67 bits per heavy atom. The zero-order valence-electron chi connectivity index (χ0n) is 10.7. The first kappa shape index (κ1) is 14.2. The molecule has 1 heterocycles. The summed E-state index contributed by atoms with van der Waals surface area (Å²) in [5.41, 5.74) is 1.39. The third kappa shape index (κ3) is 4.50. The molecule has 0 saturated carbocycles. The van der Waals surface area contributed by atoms with Gasteiger partial charge in [-0.15, -0.1) is 0 Å². The van der Waals surface area contributed by atoms with E-state index in [0.29, 0.717) is 0 Å². The van der Waals surface area contributed by atoms with E-state index in [0.717, 1.165) is 39.3 Å². The summed E-state index contributed by atoms with van der Waals surface area (Å²) in [6, 6.07) is 8.79. The number of hydrogen-bond donors (Lipinski definition) is 1. The zero-order chi connectivity index (χ0) is 12.8. The number of halogens is 1. The first-order valence-corrected chi connectivity index (χ1v) is 7.66. The lowest BCUT2D eigenvalue weighted by molar-refractivity contribution is 0.196. The van der Waals surface area contributed by atoms with E-state index in [2.05, 4.69) is 56.7 Å². The molecule has 0 amide bonds. The van der Waals surface area contributed by atoms with Crippen LogP contribution in [0.3, 0.4) is 0 Å². The normalized spacial score (nSPS) is 18.8. The van der Waals surface area contributed by atoms with Gasteiger partial charge >= 0.3 is 0 Å². The van der Waals surface area contributed by atoms with Crippen LogP contribution in [0.1, 0.15) is 12.0 Å². The predicted molar refractivity (Wildman–Crippen MR) is 82.6 cm³/mol. The van der Waals surface area contributed by atoms with E-state index in [9.17, 15) is 0 Å². The van der Waals surface area contributed by atoms with E-state index >= 15 is 0 Å². The number of aliphatic hydroxyl groups is 1. The Morgan fingerprint density at radius 1 is 1.00 bits per heavy atom. The number of benzene rings is 1. The highest BCUT2D eigenvalue weighted by molar-refractivity contribution is 14.1. The molecule has 0 aliphatic carbocycles. The quantitative estimate of drug-likeness (QED) is 0.830. The highest BCUT2D eigenvalue weighted by Gasteiger charge is 2.14. The van der Waals surface area contributed by atoms with Crippen molar-refractivity contribution >= 4 is 22.6 Å². The van der Waals surface area contributed by atoms with Gasteiger partial charge in [0, 0.05) is 29.7 Å². The van der Waals surface area contributed by atoms with Crippen LogP contribution < -0.4 is 0 Å². The third-order valence-electron chi connectivity index (χ3n) is 3.42.